The van der Waals surface area contributed by atoms with Crippen LogP contribution in [0.25, 0.3) is 0 Å². The predicted octanol–water partition coefficient (Wildman–Crippen LogP) is -0.748. The molecule has 0 aromatic rings. The van der Waals surface area contributed by atoms with Gasteiger partial charge in [0.25, 0.3) is 0 Å². The average Bonchev–Trinajstić information content (AvgIpc) is 2.03. The molecule has 12 heavy (non-hydrogen) atoms. The molecule has 0 bridgehead atoms. The van der Waals surface area contributed by atoms with Crippen LogP contribution in [0.5, 0.6) is 0 Å². The fraction of sp³-hybridized carbons (Fsp3) is 1.00. The van der Waals surface area contributed by atoms with Gasteiger partial charge in [0, 0.05) is 6.42 Å². The monoisotopic (exact) mass is 178 g/mol. The molecule has 0 amide bonds. The maximum atomic E-state index is 9.22. The van der Waals surface area contributed by atoms with Gasteiger partial charge in [-0.05, 0) is 12.8 Å². The topological polar surface area (TPSA) is 80.9 Å². The summed E-state index contributed by atoms with van der Waals surface area (Å²) in [5.74, 6) is 0. The van der Waals surface area contributed by atoms with Crippen LogP contribution in [0.15, 0.2) is 0 Å². The van der Waals surface area contributed by atoms with Crippen molar-refractivity contribution in [2.45, 2.75) is 44.5 Å². The smallest absolute Gasteiger partial charge is 0.0795 e. The fourth-order valence-electron chi connectivity index (χ4n) is 0.966. The molecular weight excluding hydrogens is 160 g/mol. The molecule has 3 unspecified atom stereocenters. The molecule has 0 aromatic carbocycles. The molecule has 0 aliphatic rings. The summed E-state index contributed by atoms with van der Waals surface area (Å²) in [6.45, 7) is 1.47. The molecule has 4 N–H and O–H groups in total. The van der Waals surface area contributed by atoms with E-state index in [1.54, 1.807) is 0 Å². The quantitative estimate of drug-likeness (QED) is 0.431. The van der Waals surface area contributed by atoms with Crippen LogP contribution in [0.1, 0.15) is 26.2 Å². The number of aliphatic hydroxyl groups excluding tert-OH is 4. The van der Waals surface area contributed by atoms with Crippen LogP contribution in [0.2, 0.25) is 0 Å². The van der Waals surface area contributed by atoms with E-state index in [1.807, 2.05) is 6.92 Å². The molecule has 4 nitrogen and oxygen atoms in total. The molecule has 0 heterocycles. The Labute approximate surface area is 72.5 Å². The Morgan fingerprint density at radius 1 is 0.917 bits per heavy atom. The van der Waals surface area contributed by atoms with Crippen LogP contribution < -0.4 is 0 Å². The second-order valence-corrected chi connectivity index (χ2v) is 3.02. The Morgan fingerprint density at radius 3 is 1.83 bits per heavy atom. The van der Waals surface area contributed by atoms with Gasteiger partial charge >= 0.3 is 0 Å². The van der Waals surface area contributed by atoms with Gasteiger partial charge < -0.3 is 20.4 Å². The molecule has 0 rings (SSSR count). The second-order valence-electron chi connectivity index (χ2n) is 3.02. The SMILES string of the molecule is CCC(O)CC(O)CC(O)CO. The first-order chi connectivity index (χ1) is 5.60. The number of hydrogen-bond donors (Lipinski definition) is 4. The van der Waals surface area contributed by atoms with Gasteiger partial charge in [0.1, 0.15) is 0 Å². The van der Waals surface area contributed by atoms with Crippen molar-refractivity contribution in [2.24, 2.45) is 0 Å². The van der Waals surface area contributed by atoms with E-state index < -0.39 is 18.3 Å². The van der Waals surface area contributed by atoms with Gasteiger partial charge in [-0.25, -0.2) is 0 Å². The largest absolute Gasteiger partial charge is 0.394 e. The minimum absolute atomic E-state index is 0.119. The van der Waals surface area contributed by atoms with Crippen LogP contribution in [0, 0.1) is 0 Å². The lowest BCUT2D eigenvalue weighted by Crippen LogP contribution is -2.24. The fourth-order valence-corrected chi connectivity index (χ4v) is 0.966. The number of rotatable bonds is 6. The van der Waals surface area contributed by atoms with Crippen molar-refractivity contribution in [3.8, 4) is 0 Å². The van der Waals surface area contributed by atoms with Gasteiger partial charge in [-0.2, -0.15) is 0 Å². The molecule has 0 fully saturated rings. The van der Waals surface area contributed by atoms with Crippen LogP contribution in [0.3, 0.4) is 0 Å². The van der Waals surface area contributed by atoms with Crippen LogP contribution in [-0.4, -0.2) is 45.3 Å². The van der Waals surface area contributed by atoms with Gasteiger partial charge in [0.15, 0.2) is 0 Å². The van der Waals surface area contributed by atoms with Crippen molar-refractivity contribution < 1.29 is 20.4 Å². The maximum Gasteiger partial charge on any atom is 0.0795 e. The van der Waals surface area contributed by atoms with E-state index >= 15 is 0 Å². The summed E-state index contributed by atoms with van der Waals surface area (Å²) in [6, 6.07) is 0. The van der Waals surface area contributed by atoms with Crippen molar-refractivity contribution in [2.75, 3.05) is 6.61 Å². The first-order valence-corrected chi connectivity index (χ1v) is 4.25. The molecule has 0 saturated heterocycles. The number of aliphatic hydroxyl groups is 4. The lowest BCUT2D eigenvalue weighted by molar-refractivity contribution is 0.0178. The average molecular weight is 178 g/mol. The standard InChI is InChI=1S/C8H18O4/c1-2-6(10)3-7(11)4-8(12)5-9/h6-12H,2-5H2,1H3. The molecule has 3 atom stereocenters. The Kier molecular flexibility index (Phi) is 6.28. The summed E-state index contributed by atoms with van der Waals surface area (Å²) in [5, 5.41) is 35.7. The van der Waals surface area contributed by atoms with Crippen molar-refractivity contribution in [3.05, 3.63) is 0 Å². The third-order valence-corrected chi connectivity index (χ3v) is 1.77. The number of hydrogen-bond acceptors (Lipinski definition) is 4. The summed E-state index contributed by atoms with van der Waals surface area (Å²) in [6.07, 6.45) is -1.18. The van der Waals surface area contributed by atoms with E-state index in [4.69, 9.17) is 15.3 Å². The van der Waals surface area contributed by atoms with Crippen LogP contribution >= 0.6 is 0 Å². The third kappa shape index (κ3) is 5.49. The van der Waals surface area contributed by atoms with Crippen LogP contribution in [-0.2, 0) is 0 Å². The highest BCUT2D eigenvalue weighted by molar-refractivity contribution is 4.66. The van der Waals surface area contributed by atoms with Crippen molar-refractivity contribution in [1.82, 2.24) is 0 Å². The van der Waals surface area contributed by atoms with E-state index in [1.165, 1.54) is 0 Å². The molecule has 0 aromatic heterocycles. The first-order valence-electron chi connectivity index (χ1n) is 4.25. The minimum Gasteiger partial charge on any atom is -0.394 e. The van der Waals surface area contributed by atoms with Gasteiger partial charge in [-0.3, -0.25) is 0 Å². The highest BCUT2D eigenvalue weighted by Crippen LogP contribution is 2.07. The highest BCUT2D eigenvalue weighted by atomic mass is 16.3. The maximum absolute atomic E-state index is 9.22. The van der Waals surface area contributed by atoms with E-state index in [-0.39, 0.29) is 19.4 Å². The van der Waals surface area contributed by atoms with Crippen molar-refractivity contribution in [1.29, 1.82) is 0 Å². The van der Waals surface area contributed by atoms with Crippen molar-refractivity contribution >= 4 is 0 Å². The molecule has 0 aliphatic carbocycles. The van der Waals surface area contributed by atoms with Gasteiger partial charge in [-0.15, -0.1) is 0 Å². The molecule has 0 radical (unpaired) electrons. The lowest BCUT2D eigenvalue weighted by Gasteiger charge is -2.16. The summed E-state index contributed by atoms with van der Waals surface area (Å²) in [5.41, 5.74) is 0. The zero-order valence-electron chi connectivity index (χ0n) is 7.35. The Hall–Kier alpha value is -0.160. The molecule has 0 aliphatic heterocycles. The molecule has 74 valence electrons. The van der Waals surface area contributed by atoms with E-state index in [9.17, 15) is 5.11 Å². The highest BCUT2D eigenvalue weighted by Gasteiger charge is 2.14. The minimum atomic E-state index is -0.885. The van der Waals surface area contributed by atoms with E-state index in [2.05, 4.69) is 0 Å². The van der Waals surface area contributed by atoms with Gasteiger partial charge in [0.05, 0.1) is 24.9 Å². The summed E-state index contributed by atoms with van der Waals surface area (Å²) >= 11 is 0. The van der Waals surface area contributed by atoms with Crippen molar-refractivity contribution in [3.63, 3.8) is 0 Å². The summed E-state index contributed by atoms with van der Waals surface area (Å²) in [7, 11) is 0. The Balaban J connectivity index is 3.51. The lowest BCUT2D eigenvalue weighted by atomic mass is 10.0. The van der Waals surface area contributed by atoms with Gasteiger partial charge in [-0.1, -0.05) is 6.92 Å². The second kappa shape index (κ2) is 6.37. The molecule has 4 heteroatoms. The predicted molar refractivity (Wildman–Crippen MR) is 44.6 cm³/mol. The van der Waals surface area contributed by atoms with E-state index in [0.29, 0.717) is 6.42 Å². The molecule has 0 saturated carbocycles. The Bertz CT molecular complexity index is 95.2. The molecule has 0 spiro atoms. The Morgan fingerprint density at radius 2 is 1.42 bits per heavy atom. The third-order valence-electron chi connectivity index (χ3n) is 1.77. The normalized spacial score (nSPS) is 18.8. The van der Waals surface area contributed by atoms with E-state index in [0.717, 1.165) is 0 Å². The van der Waals surface area contributed by atoms with Crippen LogP contribution in [0.4, 0.5) is 0 Å². The zero-order valence-corrected chi connectivity index (χ0v) is 7.35. The zero-order chi connectivity index (χ0) is 9.56. The first kappa shape index (κ1) is 11.8. The summed E-state index contributed by atoms with van der Waals surface area (Å²) in [4.78, 5) is 0. The molecular formula is C8H18O4. The summed E-state index contributed by atoms with van der Waals surface area (Å²) < 4.78 is 0. The van der Waals surface area contributed by atoms with Gasteiger partial charge in [0.2, 0.25) is 0 Å².